The number of ether oxygens (including phenoxy) is 1. The van der Waals surface area contributed by atoms with Crippen molar-refractivity contribution in [3.63, 3.8) is 0 Å². The van der Waals surface area contributed by atoms with Gasteiger partial charge < -0.3 is 10.1 Å². The van der Waals surface area contributed by atoms with E-state index in [1.807, 2.05) is 30.3 Å². The summed E-state index contributed by atoms with van der Waals surface area (Å²) < 4.78 is 34.2. The fourth-order valence-corrected chi connectivity index (χ4v) is 5.50. The molecule has 0 aliphatic heterocycles. The number of halogens is 1. The maximum Gasteiger partial charge on any atom is 0.245 e. The molecule has 0 bridgehead atoms. The predicted molar refractivity (Wildman–Crippen MR) is 122 cm³/mol. The zero-order chi connectivity index (χ0) is 22.3. The minimum absolute atomic E-state index is 0.0680. The van der Waals surface area contributed by atoms with Gasteiger partial charge in [-0.1, -0.05) is 67.6 Å². The molecule has 1 aliphatic rings. The van der Waals surface area contributed by atoms with E-state index in [9.17, 15) is 13.2 Å². The van der Waals surface area contributed by atoms with Crippen LogP contribution in [0.1, 0.15) is 44.1 Å². The summed E-state index contributed by atoms with van der Waals surface area (Å²) in [5.41, 5.74) is 0.865. The highest BCUT2D eigenvalue weighted by atomic mass is 35.5. The predicted octanol–water partition coefficient (Wildman–Crippen LogP) is 4.08. The number of nitrogens with one attached hydrogen (secondary N) is 2. The summed E-state index contributed by atoms with van der Waals surface area (Å²) in [7, 11) is -2.67. The molecule has 2 aromatic rings. The lowest BCUT2D eigenvalue weighted by atomic mass is 10.0. The Labute approximate surface area is 189 Å². The van der Waals surface area contributed by atoms with Crippen LogP contribution in [0.4, 0.5) is 0 Å². The summed E-state index contributed by atoms with van der Waals surface area (Å²) in [5.74, 6) is -0.153. The SMILES string of the molecule is COc1ccc(Cl)cc1S(=O)(=O)N[C@@H](Cc1ccccc1)C(=O)NC1CCCCCC1. The Morgan fingerprint density at radius 1 is 1.10 bits per heavy atom. The molecular formula is C23H29ClN2O4S. The van der Waals surface area contributed by atoms with Gasteiger partial charge in [-0.3, -0.25) is 4.79 Å². The Balaban J connectivity index is 1.85. The van der Waals surface area contributed by atoms with E-state index in [1.165, 1.54) is 32.1 Å². The largest absolute Gasteiger partial charge is 0.495 e. The van der Waals surface area contributed by atoms with Crippen molar-refractivity contribution in [1.82, 2.24) is 10.0 Å². The molecular weight excluding hydrogens is 436 g/mol. The fourth-order valence-electron chi connectivity index (χ4n) is 3.87. The van der Waals surface area contributed by atoms with Crippen LogP contribution in [0.15, 0.2) is 53.4 Å². The maximum atomic E-state index is 13.2. The average Bonchev–Trinajstić information content (AvgIpc) is 3.02. The average molecular weight is 465 g/mol. The standard InChI is InChI=1S/C23H29ClN2O4S/c1-30-21-14-13-18(24)16-22(21)31(28,29)26-20(15-17-9-5-4-6-10-17)23(27)25-19-11-7-2-3-8-12-19/h4-6,9-10,13-14,16,19-20,26H,2-3,7-8,11-12,15H2,1H3,(H,25,27)/t20-/m0/s1. The first-order valence-electron chi connectivity index (χ1n) is 10.6. The van der Waals surface area contributed by atoms with Crippen molar-refractivity contribution in [3.8, 4) is 5.75 Å². The maximum absolute atomic E-state index is 13.2. The second kappa shape index (κ2) is 11.0. The van der Waals surface area contributed by atoms with Crippen LogP contribution in [0.5, 0.6) is 5.75 Å². The van der Waals surface area contributed by atoms with Gasteiger partial charge in [0.2, 0.25) is 15.9 Å². The number of hydrogen-bond acceptors (Lipinski definition) is 4. The molecule has 0 spiro atoms. The third-order valence-electron chi connectivity index (χ3n) is 5.51. The van der Waals surface area contributed by atoms with Crippen LogP contribution in [0.25, 0.3) is 0 Å². The number of methoxy groups -OCH3 is 1. The molecule has 1 fully saturated rings. The molecule has 0 unspecified atom stereocenters. The van der Waals surface area contributed by atoms with E-state index < -0.39 is 16.1 Å². The Morgan fingerprint density at radius 2 is 1.77 bits per heavy atom. The molecule has 8 heteroatoms. The number of rotatable bonds is 8. The summed E-state index contributed by atoms with van der Waals surface area (Å²) in [6.07, 6.45) is 6.54. The van der Waals surface area contributed by atoms with Gasteiger partial charge in [0.05, 0.1) is 7.11 Å². The molecule has 1 aliphatic carbocycles. The number of carbonyl (C=O) groups excluding carboxylic acids is 1. The van der Waals surface area contributed by atoms with Gasteiger partial charge in [0.15, 0.2) is 0 Å². The van der Waals surface area contributed by atoms with E-state index in [-0.39, 0.29) is 34.0 Å². The van der Waals surface area contributed by atoms with Gasteiger partial charge in [0.25, 0.3) is 0 Å². The van der Waals surface area contributed by atoms with E-state index in [1.54, 1.807) is 6.07 Å². The summed E-state index contributed by atoms with van der Waals surface area (Å²) in [6, 6.07) is 12.8. The number of benzene rings is 2. The Kier molecular flexibility index (Phi) is 8.35. The molecule has 1 atom stereocenters. The van der Waals surface area contributed by atoms with Gasteiger partial charge in [-0.25, -0.2) is 8.42 Å². The zero-order valence-corrected chi connectivity index (χ0v) is 19.2. The first-order valence-corrected chi connectivity index (χ1v) is 12.5. The lowest BCUT2D eigenvalue weighted by molar-refractivity contribution is -0.123. The first-order chi connectivity index (χ1) is 14.9. The monoisotopic (exact) mass is 464 g/mol. The van der Waals surface area contributed by atoms with Crippen LogP contribution in [0, 0.1) is 0 Å². The smallest absolute Gasteiger partial charge is 0.245 e. The molecule has 0 saturated heterocycles. The number of sulfonamides is 1. The third-order valence-corrected chi connectivity index (χ3v) is 7.24. The lowest BCUT2D eigenvalue weighted by Crippen LogP contribution is -2.50. The van der Waals surface area contributed by atoms with Crippen LogP contribution in [-0.4, -0.2) is 33.5 Å². The molecule has 168 valence electrons. The van der Waals surface area contributed by atoms with Crippen molar-refractivity contribution in [1.29, 1.82) is 0 Å². The Morgan fingerprint density at radius 3 is 2.42 bits per heavy atom. The van der Waals surface area contributed by atoms with Crippen molar-refractivity contribution >= 4 is 27.5 Å². The van der Waals surface area contributed by atoms with Crippen LogP contribution >= 0.6 is 11.6 Å². The highest BCUT2D eigenvalue weighted by molar-refractivity contribution is 7.89. The van der Waals surface area contributed by atoms with Crippen LogP contribution in [0.2, 0.25) is 5.02 Å². The van der Waals surface area contributed by atoms with Crippen LogP contribution in [0.3, 0.4) is 0 Å². The third kappa shape index (κ3) is 6.69. The van der Waals surface area contributed by atoms with Gasteiger partial charge in [0.1, 0.15) is 16.7 Å². The quantitative estimate of drug-likeness (QED) is 0.576. The molecule has 2 aromatic carbocycles. The lowest BCUT2D eigenvalue weighted by Gasteiger charge is -2.23. The zero-order valence-electron chi connectivity index (χ0n) is 17.6. The van der Waals surface area contributed by atoms with E-state index in [0.29, 0.717) is 0 Å². The minimum atomic E-state index is -4.06. The van der Waals surface area contributed by atoms with Crippen molar-refractivity contribution in [3.05, 3.63) is 59.1 Å². The van der Waals surface area contributed by atoms with Crippen LogP contribution < -0.4 is 14.8 Å². The van der Waals surface area contributed by atoms with E-state index in [0.717, 1.165) is 31.2 Å². The molecule has 2 N–H and O–H groups in total. The van der Waals surface area contributed by atoms with E-state index in [4.69, 9.17) is 16.3 Å². The Hall–Kier alpha value is -2.09. The molecule has 0 heterocycles. The summed E-state index contributed by atoms with van der Waals surface area (Å²) in [4.78, 5) is 13.1. The van der Waals surface area contributed by atoms with Crippen molar-refractivity contribution in [2.45, 2.75) is 61.9 Å². The summed E-state index contributed by atoms with van der Waals surface area (Å²) in [5, 5.41) is 3.34. The molecule has 0 radical (unpaired) electrons. The topological polar surface area (TPSA) is 84.5 Å². The highest BCUT2D eigenvalue weighted by Gasteiger charge is 2.29. The number of amides is 1. The first kappa shape index (κ1) is 23.6. The van der Waals surface area contributed by atoms with Gasteiger partial charge in [-0.05, 0) is 43.0 Å². The number of hydrogen-bond donors (Lipinski definition) is 2. The van der Waals surface area contributed by atoms with Crippen molar-refractivity contribution < 1.29 is 17.9 Å². The van der Waals surface area contributed by atoms with Crippen molar-refractivity contribution in [2.75, 3.05) is 7.11 Å². The second-order valence-electron chi connectivity index (χ2n) is 7.86. The fraction of sp³-hybridized carbons (Fsp3) is 0.435. The minimum Gasteiger partial charge on any atom is -0.495 e. The van der Waals surface area contributed by atoms with Gasteiger partial charge in [-0.2, -0.15) is 4.72 Å². The molecule has 6 nitrogen and oxygen atoms in total. The van der Waals surface area contributed by atoms with Gasteiger partial charge >= 0.3 is 0 Å². The molecule has 0 aromatic heterocycles. The van der Waals surface area contributed by atoms with E-state index >= 15 is 0 Å². The molecule has 3 rings (SSSR count). The summed E-state index contributed by atoms with van der Waals surface area (Å²) >= 11 is 6.03. The molecule has 31 heavy (non-hydrogen) atoms. The van der Waals surface area contributed by atoms with Gasteiger partial charge in [0, 0.05) is 11.1 Å². The van der Waals surface area contributed by atoms with Crippen molar-refractivity contribution in [2.24, 2.45) is 0 Å². The molecule has 1 saturated carbocycles. The second-order valence-corrected chi connectivity index (χ2v) is 9.97. The van der Waals surface area contributed by atoms with Crippen LogP contribution in [-0.2, 0) is 21.2 Å². The highest BCUT2D eigenvalue weighted by Crippen LogP contribution is 2.27. The molecule has 1 amide bonds. The van der Waals surface area contributed by atoms with Gasteiger partial charge in [-0.15, -0.1) is 0 Å². The summed E-state index contributed by atoms with van der Waals surface area (Å²) in [6.45, 7) is 0. The normalized spacial score (nSPS) is 16.3. The van der Waals surface area contributed by atoms with E-state index in [2.05, 4.69) is 10.0 Å². The Bertz CT molecular complexity index is 974. The number of carbonyl (C=O) groups is 1.